The smallest absolute Gasteiger partial charge is 0.216 e. The Hall–Kier alpha value is -0.650. The fourth-order valence-corrected chi connectivity index (χ4v) is 1.50. The van der Waals surface area contributed by atoms with Crippen LogP contribution in [0.3, 0.4) is 0 Å². The number of hydrogen-bond acceptors (Lipinski definition) is 4. The summed E-state index contributed by atoms with van der Waals surface area (Å²) in [6, 6.07) is 0. The van der Waals surface area contributed by atoms with E-state index in [1.165, 1.54) is 13.3 Å². The molecule has 0 saturated carbocycles. The molecule has 17 heavy (non-hydrogen) atoms. The predicted molar refractivity (Wildman–Crippen MR) is 69.4 cm³/mol. The van der Waals surface area contributed by atoms with Crippen molar-refractivity contribution in [1.82, 2.24) is 10.3 Å². The molecule has 0 aromatic rings. The van der Waals surface area contributed by atoms with E-state index < -0.39 is 0 Å². The topological polar surface area (TPSA) is 67.6 Å². The molecule has 5 heteroatoms. The summed E-state index contributed by atoms with van der Waals surface area (Å²) in [5.41, 5.74) is 0. The SMILES string of the molecule is CC(=O)NCCOC1CCN(N)CC1.CCC. The van der Waals surface area contributed by atoms with E-state index in [1.54, 1.807) is 0 Å². The normalized spacial score (nSPS) is 17.2. The number of ether oxygens (including phenoxy) is 1. The summed E-state index contributed by atoms with van der Waals surface area (Å²) < 4.78 is 5.58. The second-order valence-electron chi connectivity index (χ2n) is 4.30. The molecule has 0 spiro atoms. The molecule has 0 unspecified atom stereocenters. The van der Waals surface area contributed by atoms with Gasteiger partial charge in [-0.2, -0.15) is 0 Å². The number of rotatable bonds is 4. The summed E-state index contributed by atoms with van der Waals surface area (Å²) in [7, 11) is 0. The Balaban J connectivity index is 0.000000770. The molecule has 1 amide bonds. The van der Waals surface area contributed by atoms with E-state index in [0.717, 1.165) is 25.9 Å². The molecule has 5 nitrogen and oxygen atoms in total. The first-order chi connectivity index (χ1) is 8.10. The van der Waals surface area contributed by atoms with Crippen LogP contribution in [-0.4, -0.2) is 43.3 Å². The van der Waals surface area contributed by atoms with E-state index in [-0.39, 0.29) is 5.91 Å². The summed E-state index contributed by atoms with van der Waals surface area (Å²) >= 11 is 0. The van der Waals surface area contributed by atoms with Crippen LogP contribution in [0, 0.1) is 0 Å². The van der Waals surface area contributed by atoms with Crippen molar-refractivity contribution in [3.05, 3.63) is 0 Å². The minimum atomic E-state index is -0.00891. The third kappa shape index (κ3) is 10.2. The maximum atomic E-state index is 10.5. The van der Waals surface area contributed by atoms with Crippen LogP contribution < -0.4 is 11.2 Å². The Bertz CT molecular complexity index is 192. The van der Waals surface area contributed by atoms with Crippen molar-refractivity contribution in [1.29, 1.82) is 0 Å². The average Bonchev–Trinajstić information content (AvgIpc) is 2.28. The number of carbonyl (C=O) groups is 1. The van der Waals surface area contributed by atoms with Crippen molar-refractivity contribution in [3.63, 3.8) is 0 Å². The summed E-state index contributed by atoms with van der Waals surface area (Å²) in [6.45, 7) is 8.73. The molecule has 1 fully saturated rings. The Labute approximate surface area is 105 Å². The van der Waals surface area contributed by atoms with E-state index in [1.807, 2.05) is 5.01 Å². The summed E-state index contributed by atoms with van der Waals surface area (Å²) in [5.74, 6) is 5.60. The Morgan fingerprint density at radius 2 is 1.94 bits per heavy atom. The van der Waals surface area contributed by atoms with Crippen LogP contribution in [0.2, 0.25) is 0 Å². The van der Waals surface area contributed by atoms with Crippen LogP contribution >= 0.6 is 0 Å². The van der Waals surface area contributed by atoms with Crippen LogP contribution in [-0.2, 0) is 9.53 Å². The zero-order valence-corrected chi connectivity index (χ0v) is 11.4. The first-order valence-electron chi connectivity index (χ1n) is 6.45. The molecule has 1 aliphatic heterocycles. The van der Waals surface area contributed by atoms with Gasteiger partial charge in [0, 0.05) is 26.6 Å². The number of nitrogens with zero attached hydrogens (tertiary/aromatic N) is 1. The molecule has 1 heterocycles. The molecule has 0 radical (unpaired) electrons. The molecule has 1 saturated heterocycles. The summed E-state index contributed by atoms with van der Waals surface area (Å²) in [5, 5.41) is 4.51. The first-order valence-corrected chi connectivity index (χ1v) is 6.45. The highest BCUT2D eigenvalue weighted by molar-refractivity contribution is 5.72. The maximum Gasteiger partial charge on any atom is 0.216 e. The minimum Gasteiger partial charge on any atom is -0.376 e. The van der Waals surface area contributed by atoms with Gasteiger partial charge in [-0.1, -0.05) is 20.3 Å². The maximum absolute atomic E-state index is 10.5. The van der Waals surface area contributed by atoms with E-state index in [2.05, 4.69) is 19.2 Å². The predicted octanol–water partition coefficient (Wildman–Crippen LogP) is 0.894. The van der Waals surface area contributed by atoms with E-state index in [4.69, 9.17) is 10.6 Å². The highest BCUT2D eigenvalue weighted by Crippen LogP contribution is 2.10. The van der Waals surface area contributed by atoms with Crippen LogP contribution in [0.15, 0.2) is 0 Å². The molecule has 1 aliphatic rings. The zero-order valence-electron chi connectivity index (χ0n) is 11.4. The van der Waals surface area contributed by atoms with Crippen molar-refractivity contribution in [3.8, 4) is 0 Å². The Morgan fingerprint density at radius 3 is 2.41 bits per heavy atom. The highest BCUT2D eigenvalue weighted by atomic mass is 16.5. The van der Waals surface area contributed by atoms with Crippen molar-refractivity contribution in [2.75, 3.05) is 26.2 Å². The number of hydrazine groups is 1. The van der Waals surface area contributed by atoms with Crippen molar-refractivity contribution in [2.45, 2.75) is 46.1 Å². The van der Waals surface area contributed by atoms with E-state index in [0.29, 0.717) is 19.3 Å². The minimum absolute atomic E-state index is 0.00891. The number of piperidine rings is 1. The fourth-order valence-electron chi connectivity index (χ4n) is 1.50. The van der Waals surface area contributed by atoms with Gasteiger partial charge in [0.05, 0.1) is 12.7 Å². The van der Waals surface area contributed by atoms with Gasteiger partial charge in [-0.3, -0.25) is 10.6 Å². The number of hydrogen-bond donors (Lipinski definition) is 2. The van der Waals surface area contributed by atoms with Crippen molar-refractivity contribution in [2.24, 2.45) is 5.84 Å². The van der Waals surface area contributed by atoms with Gasteiger partial charge in [0.25, 0.3) is 0 Å². The van der Waals surface area contributed by atoms with E-state index >= 15 is 0 Å². The fraction of sp³-hybridized carbons (Fsp3) is 0.917. The largest absolute Gasteiger partial charge is 0.376 e. The molecule has 102 valence electrons. The first kappa shape index (κ1) is 16.4. The second kappa shape index (κ2) is 10.5. The van der Waals surface area contributed by atoms with Crippen LogP contribution in [0.25, 0.3) is 0 Å². The molecular weight excluding hydrogens is 218 g/mol. The molecule has 1 rings (SSSR count). The summed E-state index contributed by atoms with van der Waals surface area (Å²) in [6.07, 6.45) is 3.52. The molecule has 0 aliphatic carbocycles. The van der Waals surface area contributed by atoms with Gasteiger partial charge in [-0.15, -0.1) is 0 Å². The highest BCUT2D eigenvalue weighted by Gasteiger charge is 2.16. The average molecular weight is 245 g/mol. The Morgan fingerprint density at radius 1 is 1.41 bits per heavy atom. The lowest BCUT2D eigenvalue weighted by Crippen LogP contribution is -2.41. The molecule has 0 bridgehead atoms. The monoisotopic (exact) mass is 245 g/mol. The molecule has 0 aromatic carbocycles. The molecule has 0 aromatic heterocycles. The lowest BCUT2D eigenvalue weighted by atomic mass is 10.1. The van der Waals surface area contributed by atoms with Gasteiger partial charge in [0.2, 0.25) is 5.91 Å². The quantitative estimate of drug-likeness (QED) is 0.570. The standard InChI is InChI=1S/C9H19N3O2.C3H8/c1-8(13)11-4-7-14-9-2-5-12(10)6-3-9;1-3-2/h9H,2-7,10H2,1H3,(H,11,13);3H2,1-2H3. The molecule has 3 N–H and O–H groups in total. The third-order valence-corrected chi connectivity index (χ3v) is 2.31. The molecular formula is C12H27N3O2. The van der Waals surface area contributed by atoms with Crippen LogP contribution in [0.5, 0.6) is 0 Å². The number of carbonyl (C=O) groups excluding carboxylic acids is 1. The van der Waals surface area contributed by atoms with Gasteiger partial charge in [0.1, 0.15) is 0 Å². The number of nitrogens with one attached hydrogen (secondary N) is 1. The zero-order chi connectivity index (χ0) is 13.1. The summed E-state index contributed by atoms with van der Waals surface area (Å²) in [4.78, 5) is 10.5. The van der Waals surface area contributed by atoms with E-state index in [9.17, 15) is 4.79 Å². The Kier molecular flexibility index (Phi) is 10.1. The van der Waals surface area contributed by atoms with Gasteiger partial charge in [0.15, 0.2) is 0 Å². The van der Waals surface area contributed by atoms with Crippen LogP contribution in [0.4, 0.5) is 0 Å². The van der Waals surface area contributed by atoms with Gasteiger partial charge >= 0.3 is 0 Å². The number of nitrogens with two attached hydrogens (primary N) is 1. The lowest BCUT2D eigenvalue weighted by Gasteiger charge is -2.28. The number of amides is 1. The van der Waals surface area contributed by atoms with Gasteiger partial charge in [-0.05, 0) is 12.8 Å². The van der Waals surface area contributed by atoms with Crippen molar-refractivity contribution >= 4 is 5.91 Å². The second-order valence-corrected chi connectivity index (χ2v) is 4.30. The third-order valence-electron chi connectivity index (χ3n) is 2.31. The molecule has 0 atom stereocenters. The van der Waals surface area contributed by atoms with Crippen LogP contribution in [0.1, 0.15) is 40.0 Å². The van der Waals surface area contributed by atoms with Crippen molar-refractivity contribution < 1.29 is 9.53 Å². The van der Waals surface area contributed by atoms with Gasteiger partial charge < -0.3 is 10.1 Å². The lowest BCUT2D eigenvalue weighted by molar-refractivity contribution is -0.119. The van der Waals surface area contributed by atoms with Gasteiger partial charge in [-0.25, -0.2) is 5.01 Å².